The van der Waals surface area contributed by atoms with E-state index in [2.05, 4.69) is 26.1 Å². The fraction of sp³-hybridized carbons (Fsp3) is 0.600. The van der Waals surface area contributed by atoms with E-state index in [4.69, 9.17) is 0 Å². The van der Waals surface area contributed by atoms with Gasteiger partial charge in [-0.15, -0.1) is 0 Å². The van der Waals surface area contributed by atoms with Gasteiger partial charge in [0, 0.05) is 24.7 Å². The molecule has 1 aliphatic rings. The lowest BCUT2D eigenvalue weighted by molar-refractivity contribution is 0.274. The van der Waals surface area contributed by atoms with Crippen molar-refractivity contribution in [3.05, 3.63) is 29.8 Å². The number of hydrogen-bond donors (Lipinski definition) is 1. The van der Waals surface area contributed by atoms with Crippen LogP contribution >= 0.6 is 0 Å². The first kappa shape index (κ1) is 14.3. The van der Waals surface area contributed by atoms with E-state index >= 15 is 0 Å². The Morgan fingerprint density at radius 1 is 1.37 bits per heavy atom. The lowest BCUT2D eigenvalue weighted by Gasteiger charge is -2.47. The quantitative estimate of drug-likeness (QED) is 0.904. The molecule has 2 rings (SSSR count). The molecule has 1 aromatic carbocycles. The average Bonchev–Trinajstić information content (AvgIpc) is 2.42. The summed E-state index contributed by atoms with van der Waals surface area (Å²) in [6.07, 6.45) is 1.86. The highest BCUT2D eigenvalue weighted by atomic mass is 19.2. The molecule has 0 aromatic heterocycles. The van der Waals surface area contributed by atoms with Crippen molar-refractivity contribution < 1.29 is 8.78 Å². The molecule has 0 radical (unpaired) electrons. The standard InChI is InChI=1S/C15H22F2N2/c1-4-11-9-18-15(3,5-2)10-19(11)13-8-6-7-12(16)14(13)17/h6-8,11,18H,4-5,9-10H2,1-3H3. The van der Waals surface area contributed by atoms with Crippen LogP contribution in [0.1, 0.15) is 33.6 Å². The van der Waals surface area contributed by atoms with Gasteiger partial charge in [0.1, 0.15) is 0 Å². The largest absolute Gasteiger partial charge is 0.363 e. The maximum Gasteiger partial charge on any atom is 0.182 e. The number of piperazine rings is 1. The van der Waals surface area contributed by atoms with Crippen LogP contribution in [0.4, 0.5) is 14.5 Å². The maximum absolute atomic E-state index is 14.0. The second-order valence-electron chi connectivity index (χ2n) is 5.56. The highest BCUT2D eigenvalue weighted by Crippen LogP contribution is 2.29. The molecule has 0 spiro atoms. The molecule has 1 N–H and O–H groups in total. The van der Waals surface area contributed by atoms with Gasteiger partial charge in [0.2, 0.25) is 0 Å². The summed E-state index contributed by atoms with van der Waals surface area (Å²) in [4.78, 5) is 2.01. The maximum atomic E-state index is 14.0. The van der Waals surface area contributed by atoms with Crippen molar-refractivity contribution in [2.45, 2.75) is 45.2 Å². The van der Waals surface area contributed by atoms with E-state index in [9.17, 15) is 8.78 Å². The number of hydrogen-bond acceptors (Lipinski definition) is 2. The fourth-order valence-corrected chi connectivity index (χ4v) is 2.63. The van der Waals surface area contributed by atoms with E-state index in [1.807, 2.05) is 4.90 Å². The molecule has 0 amide bonds. The Hall–Kier alpha value is -1.16. The minimum absolute atomic E-state index is 0.0512. The van der Waals surface area contributed by atoms with Crippen molar-refractivity contribution in [3.8, 4) is 0 Å². The zero-order chi connectivity index (χ0) is 14.0. The van der Waals surface area contributed by atoms with Crippen LogP contribution in [-0.4, -0.2) is 24.7 Å². The van der Waals surface area contributed by atoms with Crippen molar-refractivity contribution >= 4 is 5.69 Å². The van der Waals surface area contributed by atoms with Crippen LogP contribution in [0, 0.1) is 11.6 Å². The van der Waals surface area contributed by atoms with Gasteiger partial charge in [-0.2, -0.15) is 0 Å². The van der Waals surface area contributed by atoms with Crippen LogP contribution in [-0.2, 0) is 0 Å². The third-order valence-electron chi connectivity index (χ3n) is 4.22. The molecular formula is C15H22F2N2. The summed E-state index contributed by atoms with van der Waals surface area (Å²) in [6, 6.07) is 4.62. The Morgan fingerprint density at radius 3 is 2.74 bits per heavy atom. The summed E-state index contributed by atoms with van der Waals surface area (Å²) >= 11 is 0. The van der Waals surface area contributed by atoms with E-state index in [0.29, 0.717) is 12.2 Å². The predicted octanol–water partition coefficient (Wildman–Crippen LogP) is 3.32. The topological polar surface area (TPSA) is 15.3 Å². The number of nitrogens with zero attached hydrogens (tertiary/aromatic N) is 1. The molecule has 0 saturated carbocycles. The summed E-state index contributed by atoms with van der Waals surface area (Å²) in [5.74, 6) is -1.51. The van der Waals surface area contributed by atoms with Gasteiger partial charge in [-0.3, -0.25) is 0 Å². The van der Waals surface area contributed by atoms with Gasteiger partial charge in [-0.1, -0.05) is 19.9 Å². The number of nitrogens with one attached hydrogen (secondary N) is 1. The fourth-order valence-electron chi connectivity index (χ4n) is 2.63. The summed E-state index contributed by atoms with van der Waals surface area (Å²) in [5.41, 5.74) is 0.331. The normalized spacial score (nSPS) is 27.6. The van der Waals surface area contributed by atoms with E-state index < -0.39 is 11.6 Å². The second-order valence-corrected chi connectivity index (χ2v) is 5.56. The molecule has 1 aliphatic heterocycles. The van der Waals surface area contributed by atoms with Gasteiger partial charge >= 0.3 is 0 Å². The Labute approximate surface area is 113 Å². The number of rotatable bonds is 3. The van der Waals surface area contributed by atoms with Gasteiger partial charge in [0.25, 0.3) is 0 Å². The molecule has 2 unspecified atom stereocenters. The number of halogens is 2. The number of benzene rings is 1. The lowest BCUT2D eigenvalue weighted by Crippen LogP contribution is -2.63. The van der Waals surface area contributed by atoms with Crippen molar-refractivity contribution in [2.75, 3.05) is 18.0 Å². The number of anilines is 1. The third-order valence-corrected chi connectivity index (χ3v) is 4.22. The summed E-state index contributed by atoms with van der Waals surface area (Å²) in [5, 5.41) is 3.52. The van der Waals surface area contributed by atoms with Crippen molar-refractivity contribution in [1.82, 2.24) is 5.32 Å². The van der Waals surface area contributed by atoms with Crippen LogP contribution in [0.2, 0.25) is 0 Å². The van der Waals surface area contributed by atoms with Gasteiger partial charge in [-0.25, -0.2) is 8.78 Å². The van der Waals surface area contributed by atoms with Crippen LogP contribution in [0.15, 0.2) is 18.2 Å². The Morgan fingerprint density at radius 2 is 2.11 bits per heavy atom. The van der Waals surface area contributed by atoms with Crippen LogP contribution < -0.4 is 10.2 Å². The van der Waals surface area contributed by atoms with Crippen molar-refractivity contribution in [1.29, 1.82) is 0 Å². The van der Waals surface area contributed by atoms with E-state index in [1.165, 1.54) is 6.07 Å². The molecule has 1 fully saturated rings. The molecule has 0 aliphatic carbocycles. The van der Waals surface area contributed by atoms with Crippen LogP contribution in [0.3, 0.4) is 0 Å². The summed E-state index contributed by atoms with van der Waals surface area (Å²) < 4.78 is 27.4. The lowest BCUT2D eigenvalue weighted by atomic mass is 9.92. The monoisotopic (exact) mass is 268 g/mol. The van der Waals surface area contributed by atoms with Gasteiger partial charge in [0.15, 0.2) is 11.6 Å². The Balaban J connectivity index is 2.35. The molecule has 1 saturated heterocycles. The molecule has 4 heteroatoms. The van der Waals surface area contributed by atoms with Gasteiger partial charge in [0.05, 0.1) is 5.69 Å². The second kappa shape index (κ2) is 5.45. The average molecular weight is 268 g/mol. The zero-order valence-corrected chi connectivity index (χ0v) is 11.8. The molecule has 0 bridgehead atoms. The van der Waals surface area contributed by atoms with Crippen LogP contribution in [0.5, 0.6) is 0 Å². The first-order valence-electron chi connectivity index (χ1n) is 6.96. The highest BCUT2D eigenvalue weighted by molar-refractivity contribution is 5.50. The first-order valence-corrected chi connectivity index (χ1v) is 6.96. The Kier molecular flexibility index (Phi) is 4.09. The Bertz CT molecular complexity index is 450. The third kappa shape index (κ3) is 2.73. The van der Waals surface area contributed by atoms with Crippen molar-refractivity contribution in [2.24, 2.45) is 0 Å². The van der Waals surface area contributed by atoms with Crippen LogP contribution in [0.25, 0.3) is 0 Å². The molecule has 1 aromatic rings. The van der Waals surface area contributed by atoms with E-state index in [1.54, 1.807) is 12.1 Å². The smallest absolute Gasteiger partial charge is 0.182 e. The molecule has 2 atom stereocenters. The minimum atomic E-state index is -0.774. The SMILES string of the molecule is CCC1CNC(C)(CC)CN1c1cccc(F)c1F. The first-order chi connectivity index (χ1) is 9.00. The highest BCUT2D eigenvalue weighted by Gasteiger charge is 2.35. The summed E-state index contributed by atoms with van der Waals surface area (Å²) in [7, 11) is 0. The summed E-state index contributed by atoms with van der Waals surface area (Å²) in [6.45, 7) is 7.81. The van der Waals surface area contributed by atoms with Crippen molar-refractivity contribution in [3.63, 3.8) is 0 Å². The van der Waals surface area contributed by atoms with Gasteiger partial charge in [-0.05, 0) is 31.9 Å². The molecule has 19 heavy (non-hydrogen) atoms. The predicted molar refractivity (Wildman–Crippen MR) is 74.5 cm³/mol. The minimum Gasteiger partial charge on any atom is -0.363 e. The molecule has 2 nitrogen and oxygen atoms in total. The molecule has 106 valence electrons. The molecular weight excluding hydrogens is 246 g/mol. The zero-order valence-electron chi connectivity index (χ0n) is 11.8. The van der Waals surface area contributed by atoms with Gasteiger partial charge < -0.3 is 10.2 Å². The van der Waals surface area contributed by atoms with E-state index in [-0.39, 0.29) is 11.6 Å². The van der Waals surface area contributed by atoms with E-state index in [0.717, 1.165) is 19.4 Å². The molecule has 1 heterocycles.